The van der Waals surface area contributed by atoms with Gasteiger partial charge < -0.3 is 14.4 Å². The number of rotatable bonds is 6. The van der Waals surface area contributed by atoms with Crippen LogP contribution in [0, 0.1) is 0 Å². The quantitative estimate of drug-likeness (QED) is 0.643. The van der Waals surface area contributed by atoms with Crippen LogP contribution in [0.2, 0.25) is 0 Å². The van der Waals surface area contributed by atoms with Gasteiger partial charge in [0.1, 0.15) is 18.1 Å². The summed E-state index contributed by atoms with van der Waals surface area (Å²) in [5, 5.41) is 8.38. The maximum Gasteiger partial charge on any atom is 0.255 e. The molecule has 1 saturated heterocycles. The van der Waals surface area contributed by atoms with Crippen molar-refractivity contribution in [2.24, 2.45) is 0 Å². The first-order valence-corrected chi connectivity index (χ1v) is 8.96. The number of amides is 1. The number of carbonyl (C=O) groups is 1. The monoisotopic (exact) mass is 380 g/mol. The van der Waals surface area contributed by atoms with Crippen molar-refractivity contribution in [3.8, 4) is 11.6 Å². The zero-order valence-electron chi connectivity index (χ0n) is 15.4. The van der Waals surface area contributed by atoms with Crippen molar-refractivity contribution in [3.63, 3.8) is 0 Å². The molecule has 0 bridgehead atoms. The van der Waals surface area contributed by atoms with Crippen molar-refractivity contribution < 1.29 is 14.3 Å². The van der Waals surface area contributed by atoms with Crippen molar-refractivity contribution in [1.29, 1.82) is 0 Å². The Morgan fingerprint density at radius 1 is 1.25 bits per heavy atom. The molecule has 0 aliphatic carbocycles. The first kappa shape index (κ1) is 17.9. The number of nitrogens with zero attached hydrogens (tertiary/aromatic N) is 6. The molecule has 144 valence electrons. The van der Waals surface area contributed by atoms with Gasteiger partial charge in [0.05, 0.1) is 24.9 Å². The second-order valence-corrected chi connectivity index (χ2v) is 6.44. The van der Waals surface area contributed by atoms with Crippen molar-refractivity contribution >= 4 is 5.91 Å². The Kier molecular flexibility index (Phi) is 5.14. The lowest BCUT2D eigenvalue weighted by Crippen LogP contribution is -2.29. The SMILES string of the molecule is COc1ccc(C(=O)N2CCC(n3cc(COc4ccncc4)nn3)C2)cn1. The van der Waals surface area contributed by atoms with E-state index in [-0.39, 0.29) is 11.9 Å². The molecule has 1 unspecified atom stereocenters. The fraction of sp³-hybridized carbons (Fsp3) is 0.316. The lowest BCUT2D eigenvalue weighted by atomic mass is 10.2. The highest BCUT2D eigenvalue weighted by Gasteiger charge is 2.29. The maximum atomic E-state index is 12.7. The second-order valence-electron chi connectivity index (χ2n) is 6.44. The Morgan fingerprint density at radius 2 is 2.11 bits per heavy atom. The molecule has 4 rings (SSSR count). The van der Waals surface area contributed by atoms with Gasteiger partial charge in [0, 0.05) is 37.7 Å². The highest BCUT2D eigenvalue weighted by molar-refractivity contribution is 5.94. The zero-order chi connectivity index (χ0) is 19.3. The van der Waals surface area contributed by atoms with Crippen LogP contribution in [0.5, 0.6) is 11.6 Å². The smallest absolute Gasteiger partial charge is 0.255 e. The van der Waals surface area contributed by atoms with Crippen LogP contribution in [0.15, 0.2) is 49.1 Å². The van der Waals surface area contributed by atoms with Crippen LogP contribution in [-0.2, 0) is 6.61 Å². The van der Waals surface area contributed by atoms with Gasteiger partial charge in [-0.2, -0.15) is 0 Å². The zero-order valence-corrected chi connectivity index (χ0v) is 15.4. The van der Waals surface area contributed by atoms with E-state index in [9.17, 15) is 4.79 Å². The number of likely N-dealkylation sites (tertiary alicyclic amines) is 1. The molecule has 9 heteroatoms. The number of methoxy groups -OCH3 is 1. The lowest BCUT2D eigenvalue weighted by Gasteiger charge is -2.16. The summed E-state index contributed by atoms with van der Waals surface area (Å²) in [6.45, 7) is 1.58. The summed E-state index contributed by atoms with van der Waals surface area (Å²) in [4.78, 5) is 22.5. The van der Waals surface area contributed by atoms with Gasteiger partial charge in [-0.25, -0.2) is 9.67 Å². The van der Waals surface area contributed by atoms with Gasteiger partial charge >= 0.3 is 0 Å². The van der Waals surface area contributed by atoms with Gasteiger partial charge in [0.25, 0.3) is 5.91 Å². The molecular formula is C19H20N6O3. The summed E-state index contributed by atoms with van der Waals surface area (Å²) >= 11 is 0. The number of carbonyl (C=O) groups excluding carboxylic acids is 1. The van der Waals surface area contributed by atoms with Crippen LogP contribution in [0.4, 0.5) is 0 Å². The minimum absolute atomic E-state index is 0.0426. The van der Waals surface area contributed by atoms with E-state index >= 15 is 0 Å². The Bertz CT molecular complexity index is 928. The van der Waals surface area contributed by atoms with Gasteiger partial charge in [-0.1, -0.05) is 5.21 Å². The topological polar surface area (TPSA) is 95.3 Å². The van der Waals surface area contributed by atoms with E-state index in [1.807, 2.05) is 15.8 Å². The van der Waals surface area contributed by atoms with E-state index in [1.165, 1.54) is 0 Å². The van der Waals surface area contributed by atoms with Gasteiger partial charge in [-0.05, 0) is 24.6 Å². The average Bonchev–Trinajstić information content (AvgIpc) is 3.42. The van der Waals surface area contributed by atoms with Crippen LogP contribution in [-0.4, -0.2) is 56.0 Å². The molecule has 1 aliphatic rings. The Hall–Kier alpha value is -3.49. The van der Waals surface area contributed by atoms with E-state index in [2.05, 4.69) is 20.3 Å². The summed E-state index contributed by atoms with van der Waals surface area (Å²) in [6.07, 6.45) is 7.58. The highest BCUT2D eigenvalue weighted by atomic mass is 16.5. The highest BCUT2D eigenvalue weighted by Crippen LogP contribution is 2.23. The fourth-order valence-corrected chi connectivity index (χ4v) is 3.10. The predicted octanol–water partition coefficient (Wildman–Crippen LogP) is 1.74. The molecule has 3 aromatic heterocycles. The molecule has 0 aromatic carbocycles. The summed E-state index contributed by atoms with van der Waals surface area (Å²) in [6, 6.07) is 7.09. The standard InChI is InChI=1S/C19H20N6O3/c1-27-18-3-2-14(10-21-18)19(26)24-9-6-16(12-24)25-11-15(22-23-25)13-28-17-4-7-20-8-5-17/h2-5,7-8,10-11,16H,6,9,12-13H2,1H3. The van der Waals surface area contributed by atoms with Gasteiger partial charge in [-0.15, -0.1) is 5.10 Å². The number of hydrogen-bond acceptors (Lipinski definition) is 7. The van der Waals surface area contributed by atoms with Crippen LogP contribution in [0.1, 0.15) is 28.5 Å². The molecule has 0 spiro atoms. The van der Waals surface area contributed by atoms with E-state index < -0.39 is 0 Å². The number of hydrogen-bond donors (Lipinski definition) is 0. The molecule has 4 heterocycles. The normalized spacial score (nSPS) is 16.2. The molecule has 1 aliphatic heterocycles. The largest absolute Gasteiger partial charge is 0.487 e. The van der Waals surface area contributed by atoms with Gasteiger partial charge in [0.15, 0.2) is 0 Å². The fourth-order valence-electron chi connectivity index (χ4n) is 3.10. The minimum atomic E-state index is -0.0426. The maximum absolute atomic E-state index is 12.7. The van der Waals surface area contributed by atoms with Crippen molar-refractivity contribution in [3.05, 3.63) is 60.3 Å². The Balaban J connectivity index is 1.35. The third-order valence-corrected chi connectivity index (χ3v) is 4.61. The summed E-state index contributed by atoms with van der Waals surface area (Å²) in [7, 11) is 1.55. The Labute approximate surface area is 161 Å². The van der Waals surface area contributed by atoms with Crippen molar-refractivity contribution in [2.75, 3.05) is 20.2 Å². The molecule has 28 heavy (non-hydrogen) atoms. The number of pyridine rings is 2. The summed E-state index contributed by atoms with van der Waals surface area (Å²) in [5.41, 5.74) is 1.28. The molecule has 1 atom stereocenters. The summed E-state index contributed by atoms with van der Waals surface area (Å²) in [5.74, 6) is 1.18. The predicted molar refractivity (Wildman–Crippen MR) is 98.9 cm³/mol. The molecule has 0 radical (unpaired) electrons. The van der Waals surface area contributed by atoms with Crippen LogP contribution >= 0.6 is 0 Å². The molecular weight excluding hydrogens is 360 g/mol. The average molecular weight is 380 g/mol. The third-order valence-electron chi connectivity index (χ3n) is 4.61. The minimum Gasteiger partial charge on any atom is -0.487 e. The van der Waals surface area contributed by atoms with Crippen molar-refractivity contribution in [2.45, 2.75) is 19.1 Å². The first-order chi connectivity index (χ1) is 13.7. The molecule has 3 aromatic rings. The third kappa shape index (κ3) is 3.93. The van der Waals surface area contributed by atoms with Crippen LogP contribution < -0.4 is 9.47 Å². The molecule has 9 nitrogen and oxygen atoms in total. The molecule has 1 amide bonds. The number of aromatic nitrogens is 5. The van der Waals surface area contributed by atoms with E-state index in [0.29, 0.717) is 31.1 Å². The van der Waals surface area contributed by atoms with Gasteiger partial charge in [-0.3, -0.25) is 9.78 Å². The molecule has 1 fully saturated rings. The first-order valence-electron chi connectivity index (χ1n) is 8.96. The van der Waals surface area contributed by atoms with E-state index in [4.69, 9.17) is 9.47 Å². The van der Waals surface area contributed by atoms with E-state index in [1.54, 1.807) is 50.0 Å². The molecule has 0 saturated carbocycles. The van der Waals surface area contributed by atoms with E-state index in [0.717, 1.165) is 17.9 Å². The number of ether oxygens (including phenoxy) is 2. The molecule has 0 N–H and O–H groups in total. The van der Waals surface area contributed by atoms with Gasteiger partial charge in [0.2, 0.25) is 5.88 Å². The van der Waals surface area contributed by atoms with Crippen LogP contribution in [0.25, 0.3) is 0 Å². The van der Waals surface area contributed by atoms with Crippen LogP contribution in [0.3, 0.4) is 0 Å². The lowest BCUT2D eigenvalue weighted by molar-refractivity contribution is 0.0786. The van der Waals surface area contributed by atoms with Crippen molar-refractivity contribution in [1.82, 2.24) is 29.9 Å². The second kappa shape index (κ2) is 8.03. The Morgan fingerprint density at radius 3 is 2.86 bits per heavy atom. The summed E-state index contributed by atoms with van der Waals surface area (Å²) < 4.78 is 12.5.